The topological polar surface area (TPSA) is 58.4 Å². The van der Waals surface area contributed by atoms with E-state index >= 15 is 0 Å². The highest BCUT2D eigenvalue weighted by Gasteiger charge is 2.22. The van der Waals surface area contributed by atoms with Crippen molar-refractivity contribution in [3.63, 3.8) is 0 Å². The Balaban J connectivity index is 0.00000161. The molecule has 116 valence electrons. The molecule has 5 heteroatoms. The van der Waals surface area contributed by atoms with Gasteiger partial charge in [-0.2, -0.15) is 0 Å². The summed E-state index contributed by atoms with van der Waals surface area (Å²) in [4.78, 5) is 13.5. The van der Waals surface area contributed by atoms with Crippen LogP contribution < -0.4 is 11.1 Å². The lowest BCUT2D eigenvalue weighted by Gasteiger charge is -2.31. The number of para-hydroxylation sites is 1. The number of carbonyl (C=O) groups excluding carboxylic acids is 1. The summed E-state index contributed by atoms with van der Waals surface area (Å²) in [7, 11) is 0. The second-order valence-electron chi connectivity index (χ2n) is 6.02. The minimum Gasteiger partial charge on any atom is -0.384 e. The SMILES string of the molecule is Cl.NC(=O)CC1CCN(Cc2cccc3c2NCC3)CC1. The Morgan fingerprint density at radius 3 is 2.81 bits per heavy atom. The smallest absolute Gasteiger partial charge is 0.217 e. The average molecular weight is 310 g/mol. The largest absolute Gasteiger partial charge is 0.384 e. The first kappa shape index (κ1) is 16.1. The fraction of sp³-hybridized carbons (Fsp3) is 0.562. The number of halogens is 1. The van der Waals surface area contributed by atoms with Gasteiger partial charge in [0, 0.05) is 25.2 Å². The van der Waals surface area contributed by atoms with Gasteiger partial charge < -0.3 is 11.1 Å². The first-order chi connectivity index (χ1) is 9.72. The van der Waals surface area contributed by atoms with Crippen molar-refractivity contribution in [1.82, 2.24) is 4.90 Å². The van der Waals surface area contributed by atoms with Crippen LogP contribution in [-0.4, -0.2) is 30.4 Å². The number of benzene rings is 1. The van der Waals surface area contributed by atoms with Crippen molar-refractivity contribution in [1.29, 1.82) is 0 Å². The van der Waals surface area contributed by atoms with Gasteiger partial charge >= 0.3 is 0 Å². The highest BCUT2D eigenvalue weighted by molar-refractivity contribution is 5.85. The molecule has 0 bridgehead atoms. The molecule has 0 aliphatic carbocycles. The molecular weight excluding hydrogens is 286 g/mol. The van der Waals surface area contributed by atoms with Crippen molar-refractivity contribution in [3.8, 4) is 0 Å². The van der Waals surface area contributed by atoms with Crippen LogP contribution in [0.25, 0.3) is 0 Å². The first-order valence-electron chi connectivity index (χ1n) is 7.57. The predicted molar refractivity (Wildman–Crippen MR) is 87.7 cm³/mol. The van der Waals surface area contributed by atoms with E-state index in [0.29, 0.717) is 12.3 Å². The molecule has 1 fully saturated rings. The van der Waals surface area contributed by atoms with Gasteiger partial charge in [-0.15, -0.1) is 12.4 Å². The second-order valence-corrected chi connectivity index (χ2v) is 6.02. The number of primary amides is 1. The van der Waals surface area contributed by atoms with Crippen LogP contribution in [0.15, 0.2) is 18.2 Å². The van der Waals surface area contributed by atoms with E-state index in [2.05, 4.69) is 28.4 Å². The van der Waals surface area contributed by atoms with E-state index in [1.165, 1.54) is 16.8 Å². The molecule has 3 rings (SSSR count). The van der Waals surface area contributed by atoms with Crippen LogP contribution in [0.3, 0.4) is 0 Å². The molecule has 1 aromatic rings. The van der Waals surface area contributed by atoms with E-state index in [4.69, 9.17) is 5.73 Å². The van der Waals surface area contributed by atoms with Crippen molar-refractivity contribution >= 4 is 24.0 Å². The number of nitrogens with zero attached hydrogens (tertiary/aromatic N) is 1. The van der Waals surface area contributed by atoms with E-state index in [1.54, 1.807) is 0 Å². The van der Waals surface area contributed by atoms with Gasteiger partial charge in [0.05, 0.1) is 0 Å². The number of fused-ring (bicyclic) bond motifs is 1. The van der Waals surface area contributed by atoms with Crippen LogP contribution >= 0.6 is 12.4 Å². The van der Waals surface area contributed by atoms with Crippen LogP contribution in [0.2, 0.25) is 0 Å². The van der Waals surface area contributed by atoms with Crippen molar-refractivity contribution < 1.29 is 4.79 Å². The molecule has 2 heterocycles. The maximum absolute atomic E-state index is 11.0. The van der Waals surface area contributed by atoms with E-state index in [1.807, 2.05) is 0 Å². The minimum atomic E-state index is -0.159. The lowest BCUT2D eigenvalue weighted by molar-refractivity contribution is -0.119. The van der Waals surface area contributed by atoms with Crippen LogP contribution in [0, 0.1) is 5.92 Å². The molecule has 1 amide bonds. The molecule has 21 heavy (non-hydrogen) atoms. The number of rotatable bonds is 4. The molecular formula is C16H24ClN3O. The van der Waals surface area contributed by atoms with Crippen LogP contribution in [0.1, 0.15) is 30.4 Å². The lowest BCUT2D eigenvalue weighted by Crippen LogP contribution is -2.34. The highest BCUT2D eigenvalue weighted by atomic mass is 35.5. The Morgan fingerprint density at radius 1 is 1.33 bits per heavy atom. The Labute approximate surface area is 132 Å². The summed E-state index contributed by atoms with van der Waals surface area (Å²) in [6, 6.07) is 6.62. The Hall–Kier alpha value is -1.26. The van der Waals surface area contributed by atoms with Gasteiger partial charge in [0.15, 0.2) is 0 Å². The average Bonchev–Trinajstić information content (AvgIpc) is 2.90. The quantitative estimate of drug-likeness (QED) is 0.896. The third kappa shape index (κ3) is 3.89. The molecule has 1 aromatic carbocycles. The number of hydrogen-bond donors (Lipinski definition) is 2. The molecule has 0 aromatic heterocycles. The fourth-order valence-corrected chi connectivity index (χ4v) is 3.42. The number of piperidine rings is 1. The molecule has 4 nitrogen and oxygen atoms in total. The molecule has 2 aliphatic rings. The predicted octanol–water partition coefficient (Wildman–Crippen LogP) is 2.16. The molecule has 1 saturated heterocycles. The molecule has 0 unspecified atom stereocenters. The van der Waals surface area contributed by atoms with E-state index in [0.717, 1.165) is 45.4 Å². The summed E-state index contributed by atoms with van der Waals surface area (Å²) < 4.78 is 0. The summed E-state index contributed by atoms with van der Waals surface area (Å²) in [5.74, 6) is 0.330. The molecule has 2 aliphatic heterocycles. The summed E-state index contributed by atoms with van der Waals surface area (Å²) >= 11 is 0. The zero-order valence-corrected chi connectivity index (χ0v) is 13.1. The number of nitrogens with two attached hydrogens (primary N) is 1. The van der Waals surface area contributed by atoms with Gasteiger partial charge in [-0.05, 0) is 49.4 Å². The van der Waals surface area contributed by atoms with Gasteiger partial charge in [0.2, 0.25) is 5.91 Å². The van der Waals surface area contributed by atoms with E-state index in [9.17, 15) is 4.79 Å². The minimum absolute atomic E-state index is 0. The highest BCUT2D eigenvalue weighted by Crippen LogP contribution is 2.29. The van der Waals surface area contributed by atoms with Gasteiger partial charge in [0.25, 0.3) is 0 Å². The molecule has 0 spiro atoms. The monoisotopic (exact) mass is 309 g/mol. The Kier molecular flexibility index (Phi) is 5.48. The van der Waals surface area contributed by atoms with Gasteiger partial charge in [-0.1, -0.05) is 18.2 Å². The summed E-state index contributed by atoms with van der Waals surface area (Å²) in [5.41, 5.74) is 9.50. The van der Waals surface area contributed by atoms with Gasteiger partial charge in [0.1, 0.15) is 0 Å². The number of anilines is 1. The summed E-state index contributed by atoms with van der Waals surface area (Å²) in [6.07, 6.45) is 3.87. The number of nitrogens with one attached hydrogen (secondary N) is 1. The standard InChI is InChI=1S/C16H23N3O.ClH/c17-15(20)10-12-5-8-19(9-6-12)11-14-3-1-2-13-4-7-18-16(13)14;/h1-3,12,18H,4-11H2,(H2,17,20);1H. The second kappa shape index (κ2) is 7.14. The number of amides is 1. The number of carbonyl (C=O) groups is 1. The van der Waals surface area contributed by atoms with Crippen LogP contribution in [-0.2, 0) is 17.8 Å². The Morgan fingerprint density at radius 2 is 2.10 bits per heavy atom. The normalized spacial score (nSPS) is 18.7. The Bertz CT molecular complexity index is 498. The van der Waals surface area contributed by atoms with E-state index < -0.39 is 0 Å². The van der Waals surface area contributed by atoms with Crippen molar-refractivity contribution in [2.45, 2.75) is 32.2 Å². The summed E-state index contributed by atoms with van der Waals surface area (Å²) in [6.45, 7) is 4.22. The maximum atomic E-state index is 11.0. The van der Waals surface area contributed by atoms with Gasteiger partial charge in [-0.3, -0.25) is 9.69 Å². The van der Waals surface area contributed by atoms with Crippen LogP contribution in [0.5, 0.6) is 0 Å². The van der Waals surface area contributed by atoms with Crippen LogP contribution in [0.4, 0.5) is 5.69 Å². The zero-order chi connectivity index (χ0) is 13.9. The van der Waals surface area contributed by atoms with E-state index in [-0.39, 0.29) is 18.3 Å². The summed E-state index contributed by atoms with van der Waals surface area (Å²) in [5, 5.41) is 3.51. The first-order valence-corrected chi connectivity index (χ1v) is 7.57. The third-order valence-corrected chi connectivity index (χ3v) is 4.52. The third-order valence-electron chi connectivity index (χ3n) is 4.52. The zero-order valence-electron chi connectivity index (χ0n) is 12.3. The van der Waals surface area contributed by atoms with Crippen molar-refractivity contribution in [3.05, 3.63) is 29.3 Å². The fourth-order valence-electron chi connectivity index (χ4n) is 3.42. The van der Waals surface area contributed by atoms with Crippen molar-refractivity contribution in [2.75, 3.05) is 25.0 Å². The number of hydrogen-bond acceptors (Lipinski definition) is 3. The molecule has 0 saturated carbocycles. The lowest BCUT2D eigenvalue weighted by atomic mass is 9.93. The molecule has 0 atom stereocenters. The molecule has 3 N–H and O–H groups in total. The van der Waals surface area contributed by atoms with Gasteiger partial charge in [-0.25, -0.2) is 0 Å². The maximum Gasteiger partial charge on any atom is 0.217 e. The number of likely N-dealkylation sites (tertiary alicyclic amines) is 1. The van der Waals surface area contributed by atoms with Crippen molar-refractivity contribution in [2.24, 2.45) is 11.7 Å². The molecule has 0 radical (unpaired) electrons.